The van der Waals surface area contributed by atoms with Gasteiger partial charge >= 0.3 is 0 Å². The maximum absolute atomic E-state index is 14.7. The molecule has 0 amide bonds. The van der Waals surface area contributed by atoms with Crippen LogP contribution in [0.15, 0.2) is 54.6 Å². The molecule has 124 valence electrons. The molecule has 0 radical (unpaired) electrons. The third-order valence-corrected chi connectivity index (χ3v) is 5.45. The summed E-state index contributed by atoms with van der Waals surface area (Å²) in [7, 11) is 0. The number of hydrogen-bond acceptors (Lipinski definition) is 1. The molecule has 24 heavy (non-hydrogen) atoms. The van der Waals surface area contributed by atoms with Gasteiger partial charge in [0.1, 0.15) is 5.82 Å². The lowest BCUT2D eigenvalue weighted by atomic mass is 9.93. The van der Waals surface area contributed by atoms with E-state index in [-0.39, 0.29) is 5.82 Å². The highest BCUT2D eigenvalue weighted by Crippen LogP contribution is 2.39. The largest absolute Gasteiger partial charge is 0.294 e. The van der Waals surface area contributed by atoms with E-state index >= 15 is 0 Å². The van der Waals surface area contributed by atoms with E-state index in [4.69, 9.17) is 0 Å². The summed E-state index contributed by atoms with van der Waals surface area (Å²) in [5, 5.41) is 0. The zero-order valence-electron chi connectivity index (χ0n) is 14.2. The number of benzene rings is 2. The second kappa shape index (κ2) is 6.52. The van der Waals surface area contributed by atoms with Crippen LogP contribution in [0.3, 0.4) is 0 Å². The number of halogens is 1. The Morgan fingerprint density at radius 3 is 2.58 bits per heavy atom. The van der Waals surface area contributed by atoms with Gasteiger partial charge in [-0.1, -0.05) is 55.5 Å². The molecule has 2 atom stereocenters. The van der Waals surface area contributed by atoms with Crippen LogP contribution in [0.4, 0.5) is 4.39 Å². The summed E-state index contributed by atoms with van der Waals surface area (Å²) in [4.78, 5) is 2.64. The van der Waals surface area contributed by atoms with Crippen molar-refractivity contribution >= 4 is 5.57 Å². The van der Waals surface area contributed by atoms with Crippen LogP contribution in [-0.2, 0) is 0 Å². The summed E-state index contributed by atoms with van der Waals surface area (Å²) in [6.07, 6.45) is 7.17. The van der Waals surface area contributed by atoms with Crippen LogP contribution in [-0.4, -0.2) is 23.5 Å². The molecule has 2 bridgehead atoms. The summed E-state index contributed by atoms with van der Waals surface area (Å²) >= 11 is 0. The smallest absolute Gasteiger partial charge is 0.131 e. The lowest BCUT2D eigenvalue weighted by Gasteiger charge is -2.33. The quantitative estimate of drug-likeness (QED) is 0.716. The highest BCUT2D eigenvalue weighted by atomic mass is 19.1. The average molecular weight is 321 g/mol. The molecular weight excluding hydrogens is 297 g/mol. The van der Waals surface area contributed by atoms with Crippen molar-refractivity contribution in [1.29, 1.82) is 0 Å². The van der Waals surface area contributed by atoms with Gasteiger partial charge in [-0.2, -0.15) is 0 Å². The predicted octanol–water partition coefficient (Wildman–Crippen LogP) is 5.52. The van der Waals surface area contributed by atoms with Crippen molar-refractivity contribution in [1.82, 2.24) is 4.90 Å². The van der Waals surface area contributed by atoms with Gasteiger partial charge < -0.3 is 0 Å². The van der Waals surface area contributed by atoms with Gasteiger partial charge in [-0.3, -0.25) is 4.90 Å². The number of hydrogen-bond donors (Lipinski definition) is 0. The number of rotatable bonds is 4. The Hall–Kier alpha value is -1.93. The van der Waals surface area contributed by atoms with Crippen LogP contribution in [0.2, 0.25) is 0 Å². The van der Waals surface area contributed by atoms with Gasteiger partial charge in [0.15, 0.2) is 0 Å². The third-order valence-electron chi connectivity index (χ3n) is 5.45. The van der Waals surface area contributed by atoms with E-state index in [1.54, 1.807) is 6.07 Å². The molecule has 2 aromatic carbocycles. The van der Waals surface area contributed by atoms with Crippen LogP contribution >= 0.6 is 0 Å². The van der Waals surface area contributed by atoms with Gasteiger partial charge in [0.05, 0.1) is 0 Å². The fraction of sp³-hybridized carbons (Fsp3) is 0.364. The molecular formula is C22H24FN. The SMILES string of the molecule is CCCN1C2C=C(c3ccc(-c4ccccc4)c(F)c3)CC1CC2. The van der Waals surface area contributed by atoms with Crippen molar-refractivity contribution in [3.63, 3.8) is 0 Å². The highest BCUT2D eigenvalue weighted by Gasteiger charge is 2.35. The van der Waals surface area contributed by atoms with Gasteiger partial charge in [-0.25, -0.2) is 4.39 Å². The molecule has 2 aromatic rings. The van der Waals surface area contributed by atoms with Crippen LogP contribution in [0.25, 0.3) is 16.7 Å². The molecule has 1 fully saturated rings. The first-order valence-corrected chi connectivity index (χ1v) is 9.08. The Morgan fingerprint density at radius 1 is 1.04 bits per heavy atom. The van der Waals surface area contributed by atoms with Gasteiger partial charge in [0, 0.05) is 17.6 Å². The van der Waals surface area contributed by atoms with E-state index in [1.807, 2.05) is 36.4 Å². The topological polar surface area (TPSA) is 3.24 Å². The van der Waals surface area contributed by atoms with E-state index in [2.05, 4.69) is 24.0 Å². The maximum Gasteiger partial charge on any atom is 0.131 e. The van der Waals surface area contributed by atoms with Crippen molar-refractivity contribution in [3.05, 3.63) is 66.0 Å². The fourth-order valence-electron chi connectivity index (χ4n) is 4.31. The van der Waals surface area contributed by atoms with Gasteiger partial charge in [0.25, 0.3) is 0 Å². The van der Waals surface area contributed by atoms with Crippen molar-refractivity contribution in [2.75, 3.05) is 6.54 Å². The minimum Gasteiger partial charge on any atom is -0.294 e. The lowest BCUT2D eigenvalue weighted by molar-refractivity contribution is 0.213. The Bertz CT molecular complexity index is 750. The average Bonchev–Trinajstić information content (AvgIpc) is 2.84. The minimum absolute atomic E-state index is 0.122. The van der Waals surface area contributed by atoms with Crippen LogP contribution in [0.5, 0.6) is 0 Å². The Labute approximate surface area is 143 Å². The lowest BCUT2D eigenvalue weighted by Crippen LogP contribution is -2.38. The molecule has 1 nitrogen and oxygen atoms in total. The van der Waals surface area contributed by atoms with Crippen LogP contribution in [0.1, 0.15) is 38.2 Å². The molecule has 4 rings (SSSR count). The van der Waals surface area contributed by atoms with Crippen molar-refractivity contribution < 1.29 is 4.39 Å². The predicted molar refractivity (Wildman–Crippen MR) is 98.2 cm³/mol. The van der Waals surface area contributed by atoms with Crippen molar-refractivity contribution in [2.24, 2.45) is 0 Å². The van der Waals surface area contributed by atoms with E-state index < -0.39 is 0 Å². The molecule has 0 aliphatic carbocycles. The first-order chi connectivity index (χ1) is 11.8. The van der Waals surface area contributed by atoms with Crippen LogP contribution in [0, 0.1) is 5.82 Å². The fourth-order valence-corrected chi connectivity index (χ4v) is 4.31. The van der Waals surface area contributed by atoms with E-state index in [1.165, 1.54) is 31.4 Å². The molecule has 2 heterocycles. The zero-order chi connectivity index (χ0) is 16.5. The Kier molecular flexibility index (Phi) is 4.24. The number of nitrogens with zero attached hydrogens (tertiary/aromatic N) is 1. The van der Waals surface area contributed by atoms with Crippen molar-refractivity contribution in [3.8, 4) is 11.1 Å². The second-order valence-electron chi connectivity index (χ2n) is 6.99. The first-order valence-electron chi connectivity index (χ1n) is 9.08. The van der Waals surface area contributed by atoms with E-state index in [0.29, 0.717) is 17.6 Å². The number of fused-ring (bicyclic) bond motifs is 2. The molecule has 0 spiro atoms. The van der Waals surface area contributed by atoms with E-state index in [0.717, 1.165) is 17.5 Å². The minimum atomic E-state index is -0.122. The third kappa shape index (κ3) is 2.80. The molecule has 2 heteroatoms. The maximum atomic E-state index is 14.7. The highest BCUT2D eigenvalue weighted by molar-refractivity contribution is 5.72. The van der Waals surface area contributed by atoms with Crippen LogP contribution < -0.4 is 0 Å². The van der Waals surface area contributed by atoms with Crippen molar-refractivity contribution in [2.45, 2.75) is 44.7 Å². The molecule has 2 aliphatic heterocycles. The Balaban J connectivity index is 1.62. The molecule has 0 saturated carbocycles. The standard InChI is InChI=1S/C22H24FN/c1-2-12-24-19-9-10-20(24)14-18(13-19)17-8-11-21(22(23)15-17)16-6-4-3-5-7-16/h3-8,11,13,15,19-20H,2,9-10,12,14H2,1H3. The first kappa shape index (κ1) is 15.6. The molecule has 0 aromatic heterocycles. The monoisotopic (exact) mass is 321 g/mol. The molecule has 1 saturated heterocycles. The summed E-state index contributed by atoms with van der Waals surface area (Å²) < 4.78 is 14.7. The van der Waals surface area contributed by atoms with Gasteiger partial charge in [0.2, 0.25) is 0 Å². The van der Waals surface area contributed by atoms with Gasteiger partial charge in [-0.05, 0) is 55.0 Å². The normalized spacial score (nSPS) is 23.3. The Morgan fingerprint density at radius 2 is 1.88 bits per heavy atom. The summed E-state index contributed by atoms with van der Waals surface area (Å²) in [5.41, 5.74) is 4.01. The van der Waals surface area contributed by atoms with E-state index in [9.17, 15) is 4.39 Å². The summed E-state index contributed by atoms with van der Waals surface area (Å²) in [6.45, 7) is 3.43. The molecule has 2 unspecified atom stereocenters. The molecule has 0 N–H and O–H groups in total. The molecule has 2 aliphatic rings. The van der Waals surface area contributed by atoms with Gasteiger partial charge in [-0.15, -0.1) is 0 Å². The zero-order valence-corrected chi connectivity index (χ0v) is 14.2. The summed E-state index contributed by atoms with van der Waals surface area (Å²) in [6, 6.07) is 16.7. The summed E-state index contributed by atoms with van der Waals surface area (Å²) in [5.74, 6) is -0.122. The second-order valence-corrected chi connectivity index (χ2v) is 6.99.